The monoisotopic (exact) mass is 486 g/mol. The number of phenols is 1. The zero-order chi connectivity index (χ0) is 25.2. The summed E-state index contributed by atoms with van der Waals surface area (Å²) in [6, 6.07) is 7.88. The van der Waals surface area contributed by atoms with Gasteiger partial charge in [0.05, 0.1) is 0 Å². The molecule has 0 amide bonds. The van der Waals surface area contributed by atoms with Crippen molar-refractivity contribution in [3.63, 3.8) is 0 Å². The van der Waals surface area contributed by atoms with Crippen LogP contribution in [0.5, 0.6) is 5.75 Å². The Morgan fingerprint density at radius 1 is 0.486 bits per heavy atom. The van der Waals surface area contributed by atoms with Crippen molar-refractivity contribution in [3.05, 3.63) is 29.8 Å². The second-order valence-electron chi connectivity index (χ2n) is 11.3. The van der Waals surface area contributed by atoms with E-state index in [9.17, 15) is 5.11 Å². The maximum Gasteiger partial charge on any atom is 0.118 e. The van der Waals surface area contributed by atoms with E-state index in [0.29, 0.717) is 5.75 Å². The first-order valence-electron chi connectivity index (χ1n) is 16.0. The van der Waals surface area contributed by atoms with Crippen LogP contribution in [0, 0.1) is 5.92 Å². The van der Waals surface area contributed by atoms with Crippen molar-refractivity contribution in [3.8, 4) is 5.75 Å². The summed E-state index contributed by atoms with van der Waals surface area (Å²) in [7, 11) is 0. The van der Waals surface area contributed by atoms with E-state index in [2.05, 4.69) is 19.9 Å². The fourth-order valence-electron chi connectivity index (χ4n) is 5.58. The van der Waals surface area contributed by atoms with E-state index < -0.39 is 0 Å². The molecule has 1 aromatic rings. The fraction of sp³-hybridized carbons (Fsp3) is 0.824. The molecule has 0 radical (unpaired) electrons. The number of hydrogen-bond donors (Lipinski definition) is 1. The summed E-state index contributed by atoms with van der Waals surface area (Å²) in [6.07, 6.45) is 35.1. The Labute approximate surface area is 220 Å². The Morgan fingerprint density at radius 3 is 1.31 bits per heavy atom. The Kier molecular flexibility index (Phi) is 22.6. The number of rotatable bonds is 26. The van der Waals surface area contributed by atoms with Crippen molar-refractivity contribution in [2.75, 3.05) is 0 Å². The van der Waals surface area contributed by atoms with Gasteiger partial charge in [-0.2, -0.15) is 0 Å². The number of aromatic hydroxyl groups is 1. The highest BCUT2D eigenvalue weighted by atomic mass is 16.3. The van der Waals surface area contributed by atoms with Crippen LogP contribution in [0.25, 0.3) is 0 Å². The van der Waals surface area contributed by atoms with Crippen molar-refractivity contribution >= 4 is 0 Å². The predicted molar refractivity (Wildman–Crippen MR) is 157 cm³/mol. The van der Waals surface area contributed by atoms with Crippen LogP contribution in [0.4, 0.5) is 0 Å². The summed E-state index contributed by atoms with van der Waals surface area (Å²) in [5.74, 6) is 1.37. The highest BCUT2D eigenvalue weighted by Gasteiger charge is 2.10. The molecule has 0 aliphatic rings. The summed E-state index contributed by atoms with van der Waals surface area (Å²) in [5.41, 5.74) is 1.12. The van der Waals surface area contributed by atoms with Gasteiger partial charge in [-0.15, -0.1) is 0 Å². The van der Waals surface area contributed by atoms with Gasteiger partial charge in [-0.3, -0.25) is 0 Å². The van der Waals surface area contributed by atoms with Gasteiger partial charge in [0.1, 0.15) is 5.75 Å². The largest absolute Gasteiger partial charge is 0.508 e. The fourth-order valence-corrected chi connectivity index (χ4v) is 5.58. The summed E-state index contributed by atoms with van der Waals surface area (Å²) in [5, 5.41) is 10.0. The van der Waals surface area contributed by atoms with Crippen LogP contribution in [-0.2, 0) is 6.42 Å². The van der Waals surface area contributed by atoms with Crippen molar-refractivity contribution in [1.29, 1.82) is 0 Å². The van der Waals surface area contributed by atoms with Gasteiger partial charge in [0, 0.05) is 0 Å². The van der Waals surface area contributed by atoms with Gasteiger partial charge >= 0.3 is 0 Å². The first kappa shape index (κ1) is 32.0. The number of benzene rings is 1. The Bertz CT molecular complexity index is 551. The molecule has 1 heteroatoms. The molecule has 1 N–H and O–H groups in total. The molecule has 0 fully saturated rings. The lowest BCUT2D eigenvalue weighted by molar-refractivity contribution is 0.371. The third-order valence-corrected chi connectivity index (χ3v) is 7.98. The molecule has 0 saturated carbocycles. The molecule has 1 aromatic carbocycles. The van der Waals surface area contributed by atoms with Crippen molar-refractivity contribution < 1.29 is 5.11 Å². The molecule has 35 heavy (non-hydrogen) atoms. The van der Waals surface area contributed by atoms with E-state index in [0.717, 1.165) is 17.9 Å². The Hall–Kier alpha value is -0.980. The van der Waals surface area contributed by atoms with Gasteiger partial charge in [-0.05, 0) is 30.4 Å². The molecule has 0 aromatic heterocycles. The van der Waals surface area contributed by atoms with Crippen LogP contribution < -0.4 is 0 Å². The predicted octanol–water partition coefficient (Wildman–Crippen LogP) is 12.0. The van der Waals surface area contributed by atoms with Crippen molar-refractivity contribution in [2.45, 2.75) is 174 Å². The van der Waals surface area contributed by atoms with Crippen LogP contribution in [0.15, 0.2) is 24.3 Å². The summed E-state index contributed by atoms with van der Waals surface area (Å²) >= 11 is 0. The molecule has 1 unspecified atom stereocenters. The summed E-state index contributed by atoms with van der Waals surface area (Å²) in [6.45, 7) is 4.61. The molecule has 1 rings (SSSR count). The van der Waals surface area contributed by atoms with E-state index in [1.54, 1.807) is 0 Å². The topological polar surface area (TPSA) is 20.2 Å². The molecular weight excluding hydrogens is 424 g/mol. The van der Waals surface area contributed by atoms with Crippen LogP contribution in [-0.4, -0.2) is 5.11 Å². The van der Waals surface area contributed by atoms with Gasteiger partial charge < -0.3 is 5.11 Å². The molecule has 0 spiro atoms. The maximum atomic E-state index is 10.0. The minimum atomic E-state index is 0.477. The van der Waals surface area contributed by atoms with Crippen molar-refractivity contribution in [2.24, 2.45) is 5.92 Å². The third kappa shape index (κ3) is 19.8. The molecule has 1 nitrogen and oxygen atoms in total. The number of unbranched alkanes of at least 4 members (excludes halogenated alkanes) is 18. The van der Waals surface area contributed by atoms with Crippen LogP contribution >= 0.6 is 0 Å². The highest BCUT2D eigenvalue weighted by Crippen LogP contribution is 2.26. The van der Waals surface area contributed by atoms with E-state index in [4.69, 9.17) is 0 Å². The first-order valence-corrected chi connectivity index (χ1v) is 16.0. The van der Waals surface area contributed by atoms with Gasteiger partial charge in [-0.1, -0.05) is 180 Å². The standard InChI is InChI=1S/C34H62O/c1-3-5-7-9-10-11-12-13-14-15-16-17-18-19-20-22-27-32(26-21-8-6-4-2)28-25-30-33-29-23-24-31-34(33)35/h23-24,29,31-32,35H,3-22,25-28,30H2,1-2H3. The SMILES string of the molecule is CCCCCCCCCCCCCCCCCCC(CCCCCC)CCCc1ccccc1O. The van der Waals surface area contributed by atoms with Crippen LogP contribution in [0.2, 0.25) is 0 Å². The second kappa shape index (κ2) is 24.7. The zero-order valence-electron chi connectivity index (χ0n) is 24.0. The highest BCUT2D eigenvalue weighted by molar-refractivity contribution is 5.31. The van der Waals surface area contributed by atoms with Gasteiger partial charge in [0.15, 0.2) is 0 Å². The van der Waals surface area contributed by atoms with E-state index in [-0.39, 0.29) is 0 Å². The third-order valence-electron chi connectivity index (χ3n) is 7.98. The minimum Gasteiger partial charge on any atom is -0.508 e. The number of hydrogen-bond acceptors (Lipinski definition) is 1. The van der Waals surface area contributed by atoms with E-state index in [1.807, 2.05) is 18.2 Å². The molecule has 0 heterocycles. The average Bonchev–Trinajstić information content (AvgIpc) is 2.87. The average molecular weight is 487 g/mol. The Morgan fingerprint density at radius 2 is 0.857 bits per heavy atom. The summed E-state index contributed by atoms with van der Waals surface area (Å²) < 4.78 is 0. The molecular formula is C34H62O. The zero-order valence-corrected chi connectivity index (χ0v) is 24.0. The molecule has 204 valence electrons. The number of phenolic OH excluding ortho intramolecular Hbond substituents is 1. The minimum absolute atomic E-state index is 0.477. The normalized spacial score (nSPS) is 12.3. The van der Waals surface area contributed by atoms with E-state index >= 15 is 0 Å². The molecule has 0 saturated heterocycles. The molecule has 0 bridgehead atoms. The molecule has 0 aliphatic carbocycles. The number of para-hydroxylation sites is 1. The first-order chi connectivity index (χ1) is 17.3. The lowest BCUT2D eigenvalue weighted by Gasteiger charge is -2.17. The maximum absolute atomic E-state index is 10.0. The molecule has 0 aliphatic heterocycles. The second-order valence-corrected chi connectivity index (χ2v) is 11.3. The van der Waals surface area contributed by atoms with Crippen molar-refractivity contribution in [1.82, 2.24) is 0 Å². The van der Waals surface area contributed by atoms with Gasteiger partial charge in [0.25, 0.3) is 0 Å². The molecule has 1 atom stereocenters. The van der Waals surface area contributed by atoms with Gasteiger partial charge in [0.2, 0.25) is 0 Å². The lowest BCUT2D eigenvalue weighted by Crippen LogP contribution is -2.02. The van der Waals surface area contributed by atoms with Crippen LogP contribution in [0.3, 0.4) is 0 Å². The lowest BCUT2D eigenvalue weighted by atomic mass is 9.89. The van der Waals surface area contributed by atoms with Gasteiger partial charge in [-0.25, -0.2) is 0 Å². The van der Waals surface area contributed by atoms with E-state index in [1.165, 1.54) is 154 Å². The number of aryl methyl sites for hydroxylation is 1. The Balaban J connectivity index is 2.01. The quantitative estimate of drug-likeness (QED) is 0.129. The smallest absolute Gasteiger partial charge is 0.118 e. The summed E-state index contributed by atoms with van der Waals surface area (Å²) in [4.78, 5) is 0. The van der Waals surface area contributed by atoms with Crippen LogP contribution in [0.1, 0.15) is 174 Å².